The predicted molar refractivity (Wildman–Crippen MR) is 95.1 cm³/mol. The molecule has 3 aromatic rings. The second-order valence-electron chi connectivity index (χ2n) is 6.13. The number of carbonyl (C=O) groups is 1. The molecule has 1 atom stereocenters. The summed E-state index contributed by atoms with van der Waals surface area (Å²) in [6.45, 7) is 0. The van der Waals surface area contributed by atoms with Crippen LogP contribution in [-0.2, 0) is 11.0 Å². The maximum absolute atomic E-state index is 14.2. The van der Waals surface area contributed by atoms with E-state index in [4.69, 9.17) is 5.21 Å². The SMILES string of the molecule is O=C(NO)C(c1cccc(-c2ccc(C(F)(F)F)cc2)c1)c1ccccc1F. The van der Waals surface area contributed by atoms with Gasteiger partial charge in [-0.15, -0.1) is 0 Å². The molecule has 28 heavy (non-hydrogen) atoms. The van der Waals surface area contributed by atoms with Crippen molar-refractivity contribution < 1.29 is 27.6 Å². The van der Waals surface area contributed by atoms with E-state index < -0.39 is 29.4 Å². The number of carbonyl (C=O) groups excluding carboxylic acids is 1. The summed E-state index contributed by atoms with van der Waals surface area (Å²) in [6.07, 6.45) is -4.43. The Morgan fingerprint density at radius 3 is 2.18 bits per heavy atom. The highest BCUT2D eigenvalue weighted by atomic mass is 19.4. The maximum atomic E-state index is 14.2. The smallest absolute Gasteiger partial charge is 0.289 e. The molecule has 0 fully saturated rings. The minimum Gasteiger partial charge on any atom is -0.289 e. The Kier molecular flexibility index (Phi) is 5.46. The number of nitrogens with one attached hydrogen (secondary N) is 1. The highest BCUT2D eigenvalue weighted by molar-refractivity contribution is 5.86. The van der Waals surface area contributed by atoms with Crippen LogP contribution in [0.2, 0.25) is 0 Å². The van der Waals surface area contributed by atoms with Crippen molar-refractivity contribution in [2.75, 3.05) is 0 Å². The molecule has 144 valence electrons. The van der Waals surface area contributed by atoms with Gasteiger partial charge in [-0.2, -0.15) is 13.2 Å². The maximum Gasteiger partial charge on any atom is 0.416 e. The van der Waals surface area contributed by atoms with Crippen LogP contribution in [0.25, 0.3) is 11.1 Å². The Hall–Kier alpha value is -3.19. The molecule has 1 unspecified atom stereocenters. The summed E-state index contributed by atoms with van der Waals surface area (Å²) in [5, 5.41) is 9.08. The molecule has 2 N–H and O–H groups in total. The number of hydrogen-bond acceptors (Lipinski definition) is 2. The van der Waals surface area contributed by atoms with Crippen LogP contribution >= 0.6 is 0 Å². The van der Waals surface area contributed by atoms with E-state index in [1.165, 1.54) is 30.3 Å². The summed E-state index contributed by atoms with van der Waals surface area (Å²) < 4.78 is 52.5. The lowest BCUT2D eigenvalue weighted by atomic mass is 9.88. The first-order chi connectivity index (χ1) is 13.3. The van der Waals surface area contributed by atoms with Crippen LogP contribution in [0.15, 0.2) is 72.8 Å². The van der Waals surface area contributed by atoms with Gasteiger partial charge in [-0.25, -0.2) is 9.87 Å². The zero-order valence-corrected chi connectivity index (χ0v) is 14.4. The number of amides is 1. The fraction of sp³-hybridized carbons (Fsp3) is 0.0952. The number of alkyl halides is 3. The number of rotatable bonds is 4. The lowest BCUT2D eigenvalue weighted by Crippen LogP contribution is -2.27. The molecule has 0 bridgehead atoms. The largest absolute Gasteiger partial charge is 0.416 e. The van der Waals surface area contributed by atoms with Gasteiger partial charge in [0.2, 0.25) is 0 Å². The number of halogens is 4. The van der Waals surface area contributed by atoms with Crippen molar-refractivity contribution in [3.63, 3.8) is 0 Å². The van der Waals surface area contributed by atoms with Gasteiger partial charge in [-0.3, -0.25) is 10.0 Å². The van der Waals surface area contributed by atoms with Gasteiger partial charge < -0.3 is 0 Å². The molecular weight excluding hydrogens is 374 g/mol. The first-order valence-corrected chi connectivity index (χ1v) is 8.27. The molecule has 3 nitrogen and oxygen atoms in total. The van der Waals surface area contributed by atoms with Crippen LogP contribution < -0.4 is 5.48 Å². The second kappa shape index (κ2) is 7.82. The van der Waals surface area contributed by atoms with Gasteiger partial charge in [0.15, 0.2) is 0 Å². The summed E-state index contributed by atoms with van der Waals surface area (Å²) in [5.74, 6) is -2.56. The van der Waals surface area contributed by atoms with Crippen LogP contribution in [0.4, 0.5) is 17.6 Å². The first kappa shape index (κ1) is 19.6. The lowest BCUT2D eigenvalue weighted by Gasteiger charge is -2.17. The highest BCUT2D eigenvalue weighted by Crippen LogP contribution is 2.33. The van der Waals surface area contributed by atoms with Gasteiger partial charge >= 0.3 is 6.18 Å². The van der Waals surface area contributed by atoms with E-state index in [2.05, 4.69) is 0 Å². The topological polar surface area (TPSA) is 49.3 Å². The Labute approximate surface area is 158 Å². The average Bonchev–Trinajstić information content (AvgIpc) is 2.69. The van der Waals surface area contributed by atoms with Gasteiger partial charge in [-0.05, 0) is 34.9 Å². The van der Waals surface area contributed by atoms with Gasteiger partial charge in [0.1, 0.15) is 5.82 Å². The van der Waals surface area contributed by atoms with Crippen LogP contribution in [0.5, 0.6) is 0 Å². The third-order valence-corrected chi connectivity index (χ3v) is 4.35. The molecule has 0 radical (unpaired) electrons. The van der Waals surface area contributed by atoms with Gasteiger partial charge in [0.05, 0.1) is 11.5 Å². The van der Waals surface area contributed by atoms with Gasteiger partial charge in [0.25, 0.3) is 5.91 Å². The normalized spacial score (nSPS) is 12.5. The average molecular weight is 389 g/mol. The second-order valence-corrected chi connectivity index (χ2v) is 6.13. The zero-order valence-electron chi connectivity index (χ0n) is 14.4. The molecular formula is C21H15F4NO2. The summed E-state index contributed by atoms with van der Waals surface area (Å²) in [5.41, 5.74) is 2.29. The number of hydrogen-bond donors (Lipinski definition) is 2. The van der Waals surface area contributed by atoms with Gasteiger partial charge in [0, 0.05) is 5.56 Å². The van der Waals surface area contributed by atoms with E-state index in [0.717, 1.165) is 12.1 Å². The molecule has 0 saturated carbocycles. The fourth-order valence-electron chi connectivity index (χ4n) is 3.00. The molecule has 0 spiro atoms. The predicted octanol–water partition coefficient (Wildman–Crippen LogP) is 5.15. The third kappa shape index (κ3) is 4.04. The van der Waals surface area contributed by atoms with E-state index in [9.17, 15) is 22.4 Å². The molecule has 3 rings (SSSR count). The van der Waals surface area contributed by atoms with Crippen molar-refractivity contribution in [2.24, 2.45) is 0 Å². The fourth-order valence-corrected chi connectivity index (χ4v) is 3.00. The zero-order chi connectivity index (χ0) is 20.3. The summed E-state index contributed by atoms with van der Waals surface area (Å²) in [7, 11) is 0. The minimum absolute atomic E-state index is 0.0682. The molecule has 0 saturated heterocycles. The molecule has 0 aliphatic rings. The monoisotopic (exact) mass is 389 g/mol. The van der Waals surface area contributed by atoms with Crippen molar-refractivity contribution in [3.05, 3.63) is 95.3 Å². The first-order valence-electron chi connectivity index (χ1n) is 8.27. The molecule has 0 aromatic heterocycles. The summed E-state index contributed by atoms with van der Waals surface area (Å²) in [4.78, 5) is 12.2. The van der Waals surface area contributed by atoms with Gasteiger partial charge in [-0.1, -0.05) is 54.6 Å². The molecule has 1 amide bonds. The summed E-state index contributed by atoms with van der Waals surface area (Å²) in [6, 6.07) is 16.7. The summed E-state index contributed by atoms with van der Waals surface area (Å²) >= 11 is 0. The Morgan fingerprint density at radius 1 is 0.893 bits per heavy atom. The van der Waals surface area contributed by atoms with Crippen LogP contribution in [0.3, 0.4) is 0 Å². The van der Waals surface area contributed by atoms with E-state index >= 15 is 0 Å². The molecule has 0 heterocycles. The van der Waals surface area contributed by atoms with Crippen LogP contribution in [-0.4, -0.2) is 11.1 Å². The minimum atomic E-state index is -4.43. The van der Waals surface area contributed by atoms with Crippen molar-refractivity contribution in [2.45, 2.75) is 12.1 Å². The molecule has 3 aromatic carbocycles. The number of hydroxylamine groups is 1. The highest BCUT2D eigenvalue weighted by Gasteiger charge is 2.30. The third-order valence-electron chi connectivity index (χ3n) is 4.35. The van der Waals surface area contributed by atoms with Crippen LogP contribution in [0, 0.1) is 5.82 Å². The van der Waals surface area contributed by atoms with Crippen molar-refractivity contribution >= 4 is 5.91 Å². The van der Waals surface area contributed by atoms with Crippen molar-refractivity contribution in [1.82, 2.24) is 5.48 Å². The van der Waals surface area contributed by atoms with Crippen molar-refractivity contribution in [1.29, 1.82) is 0 Å². The molecule has 0 aliphatic carbocycles. The standard InChI is InChI=1S/C21H15F4NO2/c22-18-7-2-1-6-17(18)19(20(27)26-28)15-5-3-4-14(12-15)13-8-10-16(11-9-13)21(23,24)25/h1-12,19,28H,(H,26,27). The van der Waals surface area contributed by atoms with E-state index in [1.54, 1.807) is 35.8 Å². The Morgan fingerprint density at radius 2 is 1.57 bits per heavy atom. The quantitative estimate of drug-likeness (QED) is 0.368. The van der Waals surface area contributed by atoms with Crippen molar-refractivity contribution in [3.8, 4) is 11.1 Å². The van der Waals surface area contributed by atoms with E-state index in [0.29, 0.717) is 16.7 Å². The number of benzene rings is 3. The molecule has 0 aliphatic heterocycles. The van der Waals surface area contributed by atoms with Crippen LogP contribution in [0.1, 0.15) is 22.6 Å². The lowest BCUT2D eigenvalue weighted by molar-refractivity contribution is -0.137. The Balaban J connectivity index is 2.03. The Bertz CT molecular complexity index is 984. The van der Waals surface area contributed by atoms with E-state index in [-0.39, 0.29) is 5.56 Å². The van der Waals surface area contributed by atoms with E-state index in [1.807, 2.05) is 0 Å². The molecule has 7 heteroatoms.